The summed E-state index contributed by atoms with van der Waals surface area (Å²) in [6, 6.07) is 51.8. The van der Waals surface area contributed by atoms with Crippen molar-refractivity contribution in [1.29, 1.82) is 0 Å². The molecule has 0 aliphatic heterocycles. The first-order valence-electron chi connectivity index (χ1n) is 17.2. The van der Waals surface area contributed by atoms with Crippen LogP contribution in [0.25, 0.3) is 88.3 Å². The third kappa shape index (κ3) is 4.38. The van der Waals surface area contributed by atoms with Crippen molar-refractivity contribution in [2.24, 2.45) is 0 Å². The average Bonchev–Trinajstić information content (AvgIpc) is 3.90. The molecule has 11 rings (SSSR count). The number of furan rings is 3. The first kappa shape index (κ1) is 28.6. The van der Waals surface area contributed by atoms with E-state index in [2.05, 4.69) is 89.8 Å². The zero-order chi connectivity index (χ0) is 34.2. The number of rotatable bonds is 5. The van der Waals surface area contributed by atoms with Crippen LogP contribution in [0.1, 0.15) is 0 Å². The Balaban J connectivity index is 1.03. The molecule has 0 amide bonds. The lowest BCUT2D eigenvalue weighted by atomic mass is 10.1. The van der Waals surface area contributed by atoms with E-state index in [0.717, 1.165) is 105 Å². The quantitative estimate of drug-likeness (QED) is 0.182. The van der Waals surface area contributed by atoms with Crippen molar-refractivity contribution in [2.75, 3.05) is 4.90 Å². The van der Waals surface area contributed by atoms with Gasteiger partial charge >= 0.3 is 0 Å². The molecule has 0 N–H and O–H groups in total. The van der Waals surface area contributed by atoms with Crippen LogP contribution < -0.4 is 4.90 Å². The summed E-state index contributed by atoms with van der Waals surface area (Å²) in [5.74, 6) is 0. The van der Waals surface area contributed by atoms with Crippen molar-refractivity contribution >= 4 is 82.9 Å². The highest BCUT2D eigenvalue weighted by atomic mass is 16.3. The monoisotopic (exact) mass is 669 g/mol. The van der Waals surface area contributed by atoms with Crippen molar-refractivity contribution < 1.29 is 13.3 Å². The van der Waals surface area contributed by atoms with E-state index in [1.165, 1.54) is 0 Å². The fourth-order valence-corrected chi connectivity index (χ4v) is 7.55. The summed E-state index contributed by atoms with van der Waals surface area (Å²) in [6.07, 6.45) is 3.70. The minimum absolute atomic E-state index is 0.785. The number of nitrogens with zero attached hydrogens (tertiary/aromatic N) is 3. The minimum Gasteiger partial charge on any atom is -0.456 e. The minimum atomic E-state index is 0.785. The normalized spacial score (nSPS) is 11.8. The molecule has 6 aromatic carbocycles. The van der Waals surface area contributed by atoms with Crippen molar-refractivity contribution in [3.05, 3.63) is 164 Å². The number of fused-ring (bicyclic) bond motifs is 9. The zero-order valence-corrected chi connectivity index (χ0v) is 27.7. The van der Waals surface area contributed by atoms with Crippen molar-refractivity contribution in [3.63, 3.8) is 0 Å². The van der Waals surface area contributed by atoms with Gasteiger partial charge in [-0.1, -0.05) is 78.9 Å². The Morgan fingerprint density at radius 3 is 1.29 bits per heavy atom. The summed E-state index contributed by atoms with van der Waals surface area (Å²) >= 11 is 0. The molecule has 11 aromatic rings. The number of hydrogen-bond acceptors (Lipinski definition) is 6. The second-order valence-corrected chi connectivity index (χ2v) is 13.0. The number of pyridine rings is 2. The molecule has 5 heterocycles. The van der Waals surface area contributed by atoms with Gasteiger partial charge in [-0.2, -0.15) is 0 Å². The Labute approximate surface area is 296 Å². The summed E-state index contributed by atoms with van der Waals surface area (Å²) in [7, 11) is 0. The Kier molecular flexibility index (Phi) is 6.15. The third-order valence-corrected chi connectivity index (χ3v) is 10.0. The molecule has 0 bridgehead atoms. The Morgan fingerprint density at radius 2 is 0.769 bits per heavy atom. The highest BCUT2D eigenvalue weighted by Gasteiger charge is 2.19. The van der Waals surface area contributed by atoms with Crippen LogP contribution in [0.5, 0.6) is 0 Å². The molecule has 0 saturated carbocycles. The molecular weight excluding hydrogens is 643 g/mol. The maximum atomic E-state index is 6.34. The van der Waals surface area contributed by atoms with Crippen LogP contribution in [0.4, 0.5) is 17.1 Å². The van der Waals surface area contributed by atoms with Crippen LogP contribution in [-0.2, 0) is 0 Å². The number of para-hydroxylation sites is 3. The third-order valence-electron chi connectivity index (χ3n) is 10.0. The lowest BCUT2D eigenvalue weighted by Gasteiger charge is -2.26. The second-order valence-electron chi connectivity index (χ2n) is 13.0. The zero-order valence-electron chi connectivity index (χ0n) is 27.7. The predicted octanol–water partition coefficient (Wildman–Crippen LogP) is 13.0. The highest BCUT2D eigenvalue weighted by Crippen LogP contribution is 2.41. The molecule has 0 unspecified atom stereocenters. The molecule has 0 aliphatic rings. The van der Waals surface area contributed by atoms with E-state index in [9.17, 15) is 0 Å². The van der Waals surface area contributed by atoms with Crippen molar-refractivity contribution in [3.8, 4) is 22.5 Å². The smallest absolute Gasteiger partial charge is 0.161 e. The molecule has 0 radical (unpaired) electrons. The van der Waals surface area contributed by atoms with Gasteiger partial charge in [-0.05, 0) is 66.7 Å². The first-order valence-corrected chi connectivity index (χ1v) is 17.2. The van der Waals surface area contributed by atoms with Gasteiger partial charge in [0.15, 0.2) is 11.2 Å². The van der Waals surface area contributed by atoms with Gasteiger partial charge in [0.1, 0.15) is 33.7 Å². The van der Waals surface area contributed by atoms with Gasteiger partial charge in [0.25, 0.3) is 0 Å². The largest absolute Gasteiger partial charge is 0.456 e. The van der Waals surface area contributed by atoms with Gasteiger partial charge < -0.3 is 18.2 Å². The SMILES string of the molecule is c1ccc2c(c1)oc1cc(N(c3ccc(-c4nccc5c4oc4ccccc45)cc3)c3ccc(-c4nccc5c4oc4ccccc45)cc3)ccc12. The summed E-state index contributed by atoms with van der Waals surface area (Å²) < 4.78 is 19.0. The maximum absolute atomic E-state index is 6.34. The van der Waals surface area contributed by atoms with Gasteiger partial charge in [0, 0.05) is 79.0 Å². The van der Waals surface area contributed by atoms with Gasteiger partial charge in [0.2, 0.25) is 0 Å². The Morgan fingerprint density at radius 1 is 0.346 bits per heavy atom. The van der Waals surface area contributed by atoms with E-state index in [1.54, 1.807) is 0 Å². The van der Waals surface area contributed by atoms with Crippen LogP contribution in [0.15, 0.2) is 177 Å². The van der Waals surface area contributed by atoms with E-state index in [1.807, 2.05) is 79.1 Å². The van der Waals surface area contributed by atoms with Crippen LogP contribution in [0.3, 0.4) is 0 Å². The van der Waals surface area contributed by atoms with Crippen LogP contribution in [-0.4, -0.2) is 9.97 Å². The van der Waals surface area contributed by atoms with Gasteiger partial charge in [-0.15, -0.1) is 0 Å². The number of benzene rings is 6. The van der Waals surface area contributed by atoms with Gasteiger partial charge in [0.05, 0.1) is 0 Å². The lowest BCUT2D eigenvalue weighted by Crippen LogP contribution is -2.09. The Bertz CT molecular complexity index is 2980. The summed E-state index contributed by atoms with van der Waals surface area (Å²) in [5.41, 5.74) is 11.5. The maximum Gasteiger partial charge on any atom is 0.161 e. The summed E-state index contributed by atoms with van der Waals surface area (Å²) in [6.45, 7) is 0. The Hall–Kier alpha value is -7.18. The average molecular weight is 670 g/mol. The molecule has 0 saturated heterocycles. The highest BCUT2D eigenvalue weighted by molar-refractivity contribution is 6.10. The van der Waals surface area contributed by atoms with E-state index < -0.39 is 0 Å². The van der Waals surface area contributed by atoms with E-state index in [4.69, 9.17) is 23.2 Å². The summed E-state index contributed by atoms with van der Waals surface area (Å²) in [5, 5.41) is 6.46. The molecule has 244 valence electrons. The van der Waals surface area contributed by atoms with Crippen LogP contribution >= 0.6 is 0 Å². The lowest BCUT2D eigenvalue weighted by molar-refractivity contribution is 0.668. The second kappa shape index (κ2) is 11.2. The molecule has 52 heavy (non-hydrogen) atoms. The van der Waals surface area contributed by atoms with E-state index >= 15 is 0 Å². The van der Waals surface area contributed by atoms with E-state index in [0.29, 0.717) is 0 Å². The van der Waals surface area contributed by atoms with Crippen molar-refractivity contribution in [2.45, 2.75) is 0 Å². The molecular formula is C46H27N3O3. The molecule has 6 heteroatoms. The van der Waals surface area contributed by atoms with E-state index in [-0.39, 0.29) is 0 Å². The molecule has 6 nitrogen and oxygen atoms in total. The number of aromatic nitrogens is 2. The van der Waals surface area contributed by atoms with Crippen LogP contribution in [0, 0.1) is 0 Å². The molecule has 0 spiro atoms. The van der Waals surface area contributed by atoms with Gasteiger partial charge in [-0.25, -0.2) is 0 Å². The standard InChI is InChI=1S/C46H27N3O3/c1-4-10-39-33(7-1)36-22-21-32(27-42(36)50-39)49(30-17-13-28(14-18-30)43-45-37(23-25-47-43)34-8-2-5-11-40(34)51-45)31-19-15-29(16-20-31)44-46-38(24-26-48-44)35-9-3-6-12-41(35)52-46/h1-27H. The van der Waals surface area contributed by atoms with Crippen LogP contribution in [0.2, 0.25) is 0 Å². The number of anilines is 3. The molecule has 0 fully saturated rings. The topological polar surface area (TPSA) is 68.4 Å². The fraction of sp³-hybridized carbons (Fsp3) is 0. The van der Waals surface area contributed by atoms with Crippen molar-refractivity contribution in [1.82, 2.24) is 9.97 Å². The molecule has 5 aromatic heterocycles. The van der Waals surface area contributed by atoms with Gasteiger partial charge in [-0.3, -0.25) is 9.97 Å². The predicted molar refractivity (Wildman–Crippen MR) is 209 cm³/mol. The fourth-order valence-electron chi connectivity index (χ4n) is 7.55. The summed E-state index contributed by atoms with van der Waals surface area (Å²) in [4.78, 5) is 11.8. The molecule has 0 atom stereocenters. The number of hydrogen-bond donors (Lipinski definition) is 0. The molecule has 0 aliphatic carbocycles. The first-order chi connectivity index (χ1) is 25.8.